The SMILES string of the molecule is NNC(=O)OCCCCCC(=O)NNC(=O)OCCSSCCOC(=O)NNC(=O)CCCCCOC(=O)NN. The summed E-state index contributed by atoms with van der Waals surface area (Å²) in [6.45, 7) is 0.570. The minimum atomic E-state index is -0.798. The molecule has 0 atom stereocenters. The fourth-order valence-corrected chi connectivity index (χ4v) is 4.09. The Balaban J connectivity index is 3.51. The molecule has 10 N–H and O–H groups in total. The molecule has 0 spiro atoms. The van der Waals surface area contributed by atoms with Crippen LogP contribution in [0.4, 0.5) is 19.2 Å². The van der Waals surface area contributed by atoms with Crippen molar-refractivity contribution >= 4 is 57.8 Å². The van der Waals surface area contributed by atoms with Gasteiger partial charge in [-0.2, -0.15) is 0 Å². The van der Waals surface area contributed by atoms with Crippen LogP contribution >= 0.6 is 21.6 Å². The van der Waals surface area contributed by atoms with E-state index in [0.717, 1.165) is 0 Å². The second-order valence-corrected chi connectivity index (χ2v) is 10.1. The Bertz CT molecular complexity index is 720. The maximum atomic E-state index is 11.7. The zero-order chi connectivity index (χ0) is 29.8. The number of hydrogen-bond acceptors (Lipinski definition) is 14. The van der Waals surface area contributed by atoms with E-state index in [1.807, 2.05) is 10.9 Å². The topological polar surface area (TPSA) is 264 Å². The second kappa shape index (κ2) is 25.9. The summed E-state index contributed by atoms with van der Waals surface area (Å²) in [5.74, 6) is 9.88. The molecule has 230 valence electrons. The molecular formula is C20H38N8O10S2. The molecule has 0 saturated carbocycles. The summed E-state index contributed by atoms with van der Waals surface area (Å²) in [5.41, 5.74) is 12.4. The van der Waals surface area contributed by atoms with Crippen LogP contribution in [-0.4, -0.2) is 74.1 Å². The van der Waals surface area contributed by atoms with Crippen molar-refractivity contribution in [2.75, 3.05) is 37.9 Å². The van der Waals surface area contributed by atoms with E-state index in [0.29, 0.717) is 50.0 Å². The molecule has 6 amide bonds. The molecular weight excluding hydrogens is 576 g/mol. The van der Waals surface area contributed by atoms with Crippen molar-refractivity contribution in [2.24, 2.45) is 11.7 Å². The molecule has 0 aromatic rings. The van der Waals surface area contributed by atoms with Crippen molar-refractivity contribution in [1.82, 2.24) is 32.6 Å². The standard InChI is InChI=1S/C20H38N8O10S2/c21-23-17(31)35-9-5-1-3-7-15(29)25-27-19(33)37-11-13-39-40-14-12-38-20(34)28-26-16(30)8-4-2-6-10-36-18(32)24-22/h1-14,21-22H2,(H,23,31)(H,24,32)(H,25,29)(H,26,30)(H,27,33)(H,28,34). The number of nitrogens with two attached hydrogens (primary N) is 2. The van der Waals surface area contributed by atoms with Gasteiger partial charge in [-0.05, 0) is 38.5 Å². The monoisotopic (exact) mass is 614 g/mol. The van der Waals surface area contributed by atoms with Gasteiger partial charge in [0.05, 0.1) is 13.2 Å². The maximum absolute atomic E-state index is 11.7. The molecule has 0 rings (SSSR count). The lowest BCUT2D eigenvalue weighted by molar-refractivity contribution is -0.122. The summed E-state index contributed by atoms with van der Waals surface area (Å²) in [4.78, 5) is 67.9. The Hall–Kier alpha value is -3.36. The Labute approximate surface area is 239 Å². The van der Waals surface area contributed by atoms with Gasteiger partial charge in [0.15, 0.2) is 0 Å². The number of rotatable bonds is 19. The summed E-state index contributed by atoms with van der Waals surface area (Å²) in [6.07, 6.45) is 0.844. The van der Waals surface area contributed by atoms with Gasteiger partial charge in [-0.3, -0.25) is 31.3 Å². The minimum absolute atomic E-state index is 0.0964. The van der Waals surface area contributed by atoms with Gasteiger partial charge in [-0.15, -0.1) is 0 Å². The molecule has 0 heterocycles. The van der Waals surface area contributed by atoms with E-state index in [1.165, 1.54) is 21.6 Å². The molecule has 0 saturated heterocycles. The molecule has 0 aliphatic heterocycles. The van der Waals surface area contributed by atoms with Crippen LogP contribution < -0.4 is 44.2 Å². The summed E-state index contributed by atoms with van der Waals surface area (Å²) in [5, 5.41) is 0. The minimum Gasteiger partial charge on any atom is -0.449 e. The first kappa shape index (κ1) is 36.6. The maximum Gasteiger partial charge on any atom is 0.426 e. The van der Waals surface area contributed by atoms with Crippen LogP contribution in [0, 0.1) is 0 Å². The zero-order valence-corrected chi connectivity index (χ0v) is 23.6. The Morgan fingerprint density at radius 2 is 0.850 bits per heavy atom. The van der Waals surface area contributed by atoms with E-state index in [1.54, 1.807) is 0 Å². The predicted octanol–water partition coefficient (Wildman–Crippen LogP) is 0.203. The number of hydrogen-bond donors (Lipinski definition) is 8. The predicted molar refractivity (Wildman–Crippen MR) is 144 cm³/mol. The lowest BCUT2D eigenvalue weighted by Gasteiger charge is -2.09. The van der Waals surface area contributed by atoms with E-state index in [2.05, 4.69) is 21.7 Å². The molecule has 0 bridgehead atoms. The first-order valence-corrected chi connectivity index (χ1v) is 14.7. The van der Waals surface area contributed by atoms with Crippen molar-refractivity contribution < 1.29 is 47.7 Å². The normalized spacial score (nSPS) is 9.95. The number of hydrazine groups is 4. The first-order valence-electron chi connectivity index (χ1n) is 12.2. The van der Waals surface area contributed by atoms with Gasteiger partial charge in [-0.25, -0.2) is 41.7 Å². The molecule has 0 aliphatic carbocycles. The number of amides is 6. The van der Waals surface area contributed by atoms with Crippen LogP contribution in [0.15, 0.2) is 0 Å². The smallest absolute Gasteiger partial charge is 0.426 e. The van der Waals surface area contributed by atoms with Gasteiger partial charge in [0.25, 0.3) is 0 Å². The van der Waals surface area contributed by atoms with Gasteiger partial charge >= 0.3 is 24.4 Å². The van der Waals surface area contributed by atoms with Crippen LogP contribution in [0.1, 0.15) is 51.4 Å². The first-order chi connectivity index (χ1) is 19.3. The van der Waals surface area contributed by atoms with E-state index >= 15 is 0 Å². The Kier molecular flexibility index (Phi) is 23.7. The van der Waals surface area contributed by atoms with Crippen LogP contribution in [-0.2, 0) is 28.5 Å². The van der Waals surface area contributed by atoms with Gasteiger partial charge < -0.3 is 18.9 Å². The van der Waals surface area contributed by atoms with Gasteiger partial charge in [0, 0.05) is 24.3 Å². The third kappa shape index (κ3) is 24.9. The van der Waals surface area contributed by atoms with Gasteiger partial charge in [0.2, 0.25) is 11.8 Å². The summed E-state index contributed by atoms with van der Waals surface area (Å²) in [6, 6.07) is 0. The lowest BCUT2D eigenvalue weighted by Crippen LogP contribution is -2.42. The largest absolute Gasteiger partial charge is 0.449 e. The lowest BCUT2D eigenvalue weighted by atomic mass is 10.2. The highest BCUT2D eigenvalue weighted by atomic mass is 33.1. The summed E-state index contributed by atoms with van der Waals surface area (Å²) in [7, 11) is 2.78. The average Bonchev–Trinajstić information content (AvgIpc) is 2.95. The number of carbonyl (C=O) groups excluding carboxylic acids is 6. The molecule has 0 aromatic carbocycles. The highest BCUT2D eigenvalue weighted by molar-refractivity contribution is 8.76. The van der Waals surface area contributed by atoms with E-state index < -0.39 is 24.4 Å². The molecule has 0 aliphatic rings. The average molecular weight is 615 g/mol. The fraction of sp³-hybridized carbons (Fsp3) is 0.700. The zero-order valence-electron chi connectivity index (χ0n) is 22.0. The van der Waals surface area contributed by atoms with Crippen molar-refractivity contribution in [1.29, 1.82) is 0 Å². The third-order valence-corrected chi connectivity index (χ3v) is 6.62. The van der Waals surface area contributed by atoms with Crippen LogP contribution in [0.25, 0.3) is 0 Å². The van der Waals surface area contributed by atoms with Crippen LogP contribution in [0.5, 0.6) is 0 Å². The fourth-order valence-electron chi connectivity index (χ4n) is 2.44. The summed E-state index contributed by atoms with van der Waals surface area (Å²) >= 11 is 0. The highest BCUT2D eigenvalue weighted by Gasteiger charge is 2.07. The number of carbonyl (C=O) groups is 6. The van der Waals surface area contributed by atoms with Crippen molar-refractivity contribution in [3.63, 3.8) is 0 Å². The van der Waals surface area contributed by atoms with Gasteiger partial charge in [-0.1, -0.05) is 21.6 Å². The van der Waals surface area contributed by atoms with E-state index in [-0.39, 0.29) is 51.1 Å². The molecule has 18 nitrogen and oxygen atoms in total. The second-order valence-electron chi connectivity index (χ2n) is 7.44. The van der Waals surface area contributed by atoms with E-state index in [4.69, 9.17) is 30.6 Å². The van der Waals surface area contributed by atoms with Crippen LogP contribution in [0.3, 0.4) is 0 Å². The van der Waals surface area contributed by atoms with Crippen molar-refractivity contribution in [3.8, 4) is 0 Å². The molecule has 20 heteroatoms. The molecule has 0 fully saturated rings. The molecule has 40 heavy (non-hydrogen) atoms. The third-order valence-electron chi connectivity index (χ3n) is 4.29. The molecule has 0 unspecified atom stereocenters. The van der Waals surface area contributed by atoms with Gasteiger partial charge in [0.1, 0.15) is 13.2 Å². The number of ether oxygens (including phenoxy) is 4. The number of unbranched alkanes of at least 4 members (excludes halogenated alkanes) is 4. The summed E-state index contributed by atoms with van der Waals surface area (Å²) < 4.78 is 19.2. The van der Waals surface area contributed by atoms with Crippen LogP contribution in [0.2, 0.25) is 0 Å². The molecule has 0 aromatic heterocycles. The Morgan fingerprint density at radius 1 is 0.475 bits per heavy atom. The quantitative estimate of drug-likeness (QED) is 0.0241. The number of nitrogens with one attached hydrogen (secondary N) is 6. The Morgan fingerprint density at radius 3 is 1.23 bits per heavy atom. The van der Waals surface area contributed by atoms with Crippen molar-refractivity contribution in [3.05, 3.63) is 0 Å². The van der Waals surface area contributed by atoms with Crippen molar-refractivity contribution in [2.45, 2.75) is 51.4 Å². The highest BCUT2D eigenvalue weighted by Crippen LogP contribution is 2.20. The molecule has 0 radical (unpaired) electrons. The van der Waals surface area contributed by atoms with E-state index in [9.17, 15) is 28.8 Å².